The Morgan fingerprint density at radius 1 is 1.19 bits per heavy atom. The highest BCUT2D eigenvalue weighted by atomic mass is 32.2. The summed E-state index contributed by atoms with van der Waals surface area (Å²) in [7, 11) is 1.71. The Balaban J connectivity index is 1.98. The number of aryl methyl sites for hydroxylation is 1. The van der Waals surface area contributed by atoms with E-state index in [9.17, 15) is 9.59 Å². The molecule has 0 spiro atoms. The third-order valence-electron chi connectivity index (χ3n) is 3.80. The predicted octanol–water partition coefficient (Wildman–Crippen LogP) is 3.71. The number of nitrogens with zero attached hydrogens (tertiary/aromatic N) is 1. The summed E-state index contributed by atoms with van der Waals surface area (Å²) in [6.07, 6.45) is 0. The highest BCUT2D eigenvalue weighted by Crippen LogP contribution is 2.27. The van der Waals surface area contributed by atoms with Crippen LogP contribution in [-0.2, 0) is 4.79 Å². The average molecular weight is 373 g/mol. The van der Waals surface area contributed by atoms with Crippen LogP contribution in [0.5, 0.6) is 5.75 Å². The zero-order valence-corrected chi connectivity index (χ0v) is 16.0. The van der Waals surface area contributed by atoms with Crippen molar-refractivity contribution in [3.63, 3.8) is 0 Å². The molecule has 0 bridgehead atoms. The zero-order valence-electron chi connectivity index (χ0n) is 15.1. The Morgan fingerprint density at radius 3 is 2.62 bits per heavy atom. The number of amides is 1. The molecule has 0 fully saturated rings. The lowest BCUT2D eigenvalue weighted by Crippen LogP contribution is -2.31. The molecule has 1 amide bonds. The summed E-state index contributed by atoms with van der Waals surface area (Å²) in [5.74, 6) is -0.284. The molecule has 2 aromatic rings. The Labute approximate surface area is 158 Å². The van der Waals surface area contributed by atoms with Crippen LogP contribution in [0.15, 0.2) is 53.4 Å². The van der Waals surface area contributed by atoms with Gasteiger partial charge in [-0.2, -0.15) is 0 Å². The molecule has 1 atom stereocenters. The van der Waals surface area contributed by atoms with Crippen LogP contribution >= 0.6 is 11.8 Å². The molecular weight excluding hydrogens is 350 g/mol. The van der Waals surface area contributed by atoms with E-state index in [-0.39, 0.29) is 5.91 Å². The molecule has 26 heavy (non-hydrogen) atoms. The number of hydrogen-bond acceptors (Lipinski definition) is 4. The van der Waals surface area contributed by atoms with E-state index in [0.717, 1.165) is 11.3 Å². The molecule has 6 heteroatoms. The Bertz CT molecular complexity index is 778. The largest absolute Gasteiger partial charge is 0.492 e. The number of rotatable bonds is 8. The number of aliphatic carboxylic acids is 1. The molecule has 0 aliphatic carbocycles. The third-order valence-corrected chi connectivity index (χ3v) is 4.97. The number of carboxylic acid groups (broad SMARTS) is 1. The molecule has 5 nitrogen and oxygen atoms in total. The van der Waals surface area contributed by atoms with Crippen LogP contribution in [0.3, 0.4) is 0 Å². The zero-order chi connectivity index (χ0) is 19.1. The normalized spacial score (nSPS) is 11.7. The number of ether oxygens (including phenoxy) is 1. The van der Waals surface area contributed by atoms with E-state index in [2.05, 4.69) is 0 Å². The summed E-state index contributed by atoms with van der Waals surface area (Å²) in [5.41, 5.74) is 1.62. The van der Waals surface area contributed by atoms with E-state index >= 15 is 0 Å². The van der Waals surface area contributed by atoms with E-state index in [0.29, 0.717) is 23.6 Å². The van der Waals surface area contributed by atoms with Crippen LogP contribution in [0, 0.1) is 6.92 Å². The van der Waals surface area contributed by atoms with Gasteiger partial charge >= 0.3 is 5.97 Å². The summed E-state index contributed by atoms with van der Waals surface area (Å²) in [5, 5.41) is 8.47. The van der Waals surface area contributed by atoms with Crippen LogP contribution in [0.4, 0.5) is 0 Å². The molecule has 0 saturated heterocycles. The summed E-state index contributed by atoms with van der Waals surface area (Å²) in [6, 6.07) is 14.8. The Hall–Kier alpha value is -2.47. The molecule has 0 aliphatic heterocycles. The monoisotopic (exact) mass is 373 g/mol. The van der Waals surface area contributed by atoms with Gasteiger partial charge in [0, 0.05) is 11.9 Å². The molecule has 0 saturated carbocycles. The Morgan fingerprint density at radius 2 is 1.92 bits per heavy atom. The quantitative estimate of drug-likeness (QED) is 0.715. The molecule has 2 rings (SSSR count). The van der Waals surface area contributed by atoms with Gasteiger partial charge in [-0.15, -0.1) is 11.8 Å². The fourth-order valence-corrected chi connectivity index (χ4v) is 3.22. The van der Waals surface area contributed by atoms with E-state index in [1.165, 1.54) is 11.8 Å². The van der Waals surface area contributed by atoms with E-state index in [1.54, 1.807) is 43.1 Å². The van der Waals surface area contributed by atoms with Gasteiger partial charge in [0.1, 0.15) is 17.6 Å². The topological polar surface area (TPSA) is 66.8 Å². The van der Waals surface area contributed by atoms with Gasteiger partial charge in [0.15, 0.2) is 0 Å². The van der Waals surface area contributed by atoms with Crippen molar-refractivity contribution < 1.29 is 19.4 Å². The van der Waals surface area contributed by atoms with Gasteiger partial charge in [-0.05, 0) is 43.7 Å². The number of carbonyl (C=O) groups is 2. The van der Waals surface area contributed by atoms with Crippen molar-refractivity contribution in [3.05, 3.63) is 59.7 Å². The maximum absolute atomic E-state index is 12.7. The molecule has 1 unspecified atom stereocenters. The number of carbonyl (C=O) groups excluding carboxylic acids is 1. The standard InChI is InChI=1S/C20H23NO4S/c1-14-7-6-8-16(13-14)25-12-11-21(3)19(22)17-9-4-5-10-18(17)26-15(2)20(23)24/h4-10,13,15H,11-12H2,1-3H3,(H,23,24). The van der Waals surface area contributed by atoms with Gasteiger partial charge in [-0.1, -0.05) is 24.3 Å². The van der Waals surface area contributed by atoms with Gasteiger partial charge in [0.25, 0.3) is 5.91 Å². The minimum Gasteiger partial charge on any atom is -0.492 e. The van der Waals surface area contributed by atoms with Crippen LogP contribution in [0.1, 0.15) is 22.8 Å². The Kier molecular flexibility index (Phi) is 7.09. The second-order valence-corrected chi connectivity index (χ2v) is 7.37. The van der Waals surface area contributed by atoms with Crippen molar-refractivity contribution in [2.45, 2.75) is 24.0 Å². The highest BCUT2D eigenvalue weighted by Gasteiger charge is 2.19. The first-order valence-corrected chi connectivity index (χ1v) is 9.20. The maximum Gasteiger partial charge on any atom is 0.316 e. The maximum atomic E-state index is 12.7. The molecule has 0 radical (unpaired) electrons. The van der Waals surface area contributed by atoms with Crippen molar-refractivity contribution in [1.29, 1.82) is 0 Å². The SMILES string of the molecule is Cc1cccc(OCCN(C)C(=O)c2ccccc2SC(C)C(=O)O)c1. The van der Waals surface area contributed by atoms with E-state index < -0.39 is 11.2 Å². The smallest absolute Gasteiger partial charge is 0.316 e. The third kappa shape index (κ3) is 5.52. The average Bonchev–Trinajstić information content (AvgIpc) is 2.61. The van der Waals surface area contributed by atoms with Crippen molar-refractivity contribution in [3.8, 4) is 5.75 Å². The summed E-state index contributed by atoms with van der Waals surface area (Å²) >= 11 is 1.17. The lowest BCUT2D eigenvalue weighted by Gasteiger charge is -2.19. The van der Waals surface area contributed by atoms with Crippen LogP contribution in [0.25, 0.3) is 0 Å². The summed E-state index contributed by atoms with van der Waals surface area (Å²) < 4.78 is 5.69. The summed E-state index contributed by atoms with van der Waals surface area (Å²) in [4.78, 5) is 26.1. The fraction of sp³-hybridized carbons (Fsp3) is 0.300. The molecule has 138 valence electrons. The number of benzene rings is 2. The molecule has 1 N–H and O–H groups in total. The molecule has 0 aromatic heterocycles. The van der Waals surface area contributed by atoms with Gasteiger partial charge in [0.05, 0.1) is 12.1 Å². The first-order chi connectivity index (χ1) is 12.4. The van der Waals surface area contributed by atoms with Crippen molar-refractivity contribution in [2.24, 2.45) is 0 Å². The predicted molar refractivity (Wildman–Crippen MR) is 103 cm³/mol. The second kappa shape index (κ2) is 9.29. The minimum absolute atomic E-state index is 0.154. The van der Waals surface area contributed by atoms with Gasteiger partial charge in [-0.3, -0.25) is 9.59 Å². The van der Waals surface area contributed by atoms with Crippen molar-refractivity contribution in [1.82, 2.24) is 4.90 Å². The fourth-order valence-electron chi connectivity index (χ4n) is 2.30. The van der Waals surface area contributed by atoms with Gasteiger partial charge < -0.3 is 14.7 Å². The van der Waals surface area contributed by atoms with Crippen LogP contribution in [0.2, 0.25) is 0 Å². The van der Waals surface area contributed by atoms with E-state index in [4.69, 9.17) is 9.84 Å². The lowest BCUT2D eigenvalue weighted by molar-refractivity contribution is -0.136. The van der Waals surface area contributed by atoms with Crippen LogP contribution in [-0.4, -0.2) is 47.3 Å². The van der Waals surface area contributed by atoms with E-state index in [1.807, 2.05) is 31.2 Å². The van der Waals surface area contributed by atoms with Crippen molar-refractivity contribution >= 4 is 23.6 Å². The molecule has 0 aliphatic rings. The first-order valence-electron chi connectivity index (χ1n) is 8.32. The molecule has 2 aromatic carbocycles. The minimum atomic E-state index is -0.905. The molecular formula is C20H23NO4S. The molecule has 0 heterocycles. The number of hydrogen-bond donors (Lipinski definition) is 1. The van der Waals surface area contributed by atoms with Crippen molar-refractivity contribution in [2.75, 3.05) is 20.2 Å². The second-order valence-electron chi connectivity index (χ2n) is 5.99. The number of carboxylic acids is 1. The first kappa shape index (κ1) is 19.8. The van der Waals surface area contributed by atoms with Crippen LogP contribution < -0.4 is 4.74 Å². The number of likely N-dealkylation sites (N-methyl/N-ethyl adjacent to an activating group) is 1. The highest BCUT2D eigenvalue weighted by molar-refractivity contribution is 8.00. The number of thioether (sulfide) groups is 1. The van der Waals surface area contributed by atoms with Gasteiger partial charge in [0.2, 0.25) is 0 Å². The van der Waals surface area contributed by atoms with Gasteiger partial charge in [-0.25, -0.2) is 0 Å². The summed E-state index contributed by atoms with van der Waals surface area (Å²) in [6.45, 7) is 4.41. The lowest BCUT2D eigenvalue weighted by atomic mass is 10.2.